The number of ether oxygens (including phenoxy) is 1. The van der Waals surface area contributed by atoms with Gasteiger partial charge in [0.05, 0.1) is 6.54 Å². The SMILES string of the molecule is Cc1ccccc1C(=O)NCCOc1ccc2c(c1)CCCC2. The smallest absolute Gasteiger partial charge is 0.251 e. The predicted octanol–water partition coefficient (Wildman–Crippen LogP) is 3.68. The zero-order chi connectivity index (χ0) is 16.1. The highest BCUT2D eigenvalue weighted by atomic mass is 16.5. The van der Waals surface area contributed by atoms with Crippen LogP contribution in [0.25, 0.3) is 0 Å². The number of hydrogen-bond donors (Lipinski definition) is 1. The van der Waals surface area contributed by atoms with Gasteiger partial charge in [0.15, 0.2) is 0 Å². The van der Waals surface area contributed by atoms with Crippen LogP contribution in [0.4, 0.5) is 0 Å². The van der Waals surface area contributed by atoms with Crippen LogP contribution < -0.4 is 10.1 Å². The zero-order valence-corrected chi connectivity index (χ0v) is 13.6. The maximum atomic E-state index is 12.1. The Hall–Kier alpha value is -2.29. The lowest BCUT2D eigenvalue weighted by atomic mass is 9.92. The second-order valence-corrected chi connectivity index (χ2v) is 6.06. The quantitative estimate of drug-likeness (QED) is 0.856. The minimum absolute atomic E-state index is 0.0443. The maximum Gasteiger partial charge on any atom is 0.251 e. The van der Waals surface area contributed by atoms with Gasteiger partial charge in [-0.1, -0.05) is 24.3 Å². The Labute approximate surface area is 137 Å². The van der Waals surface area contributed by atoms with Crippen molar-refractivity contribution < 1.29 is 9.53 Å². The summed E-state index contributed by atoms with van der Waals surface area (Å²) in [6, 6.07) is 14.0. The second-order valence-electron chi connectivity index (χ2n) is 6.06. The standard InChI is InChI=1S/C20H23NO2/c1-15-6-2-5-9-19(15)20(22)21-12-13-23-18-11-10-16-7-3-4-8-17(16)14-18/h2,5-6,9-11,14H,3-4,7-8,12-13H2,1H3,(H,21,22). The molecule has 0 heterocycles. The first kappa shape index (κ1) is 15.6. The van der Waals surface area contributed by atoms with Gasteiger partial charge in [0, 0.05) is 5.56 Å². The van der Waals surface area contributed by atoms with Gasteiger partial charge in [0.1, 0.15) is 12.4 Å². The molecule has 1 amide bonds. The normalized spacial score (nSPS) is 13.3. The van der Waals surface area contributed by atoms with Gasteiger partial charge in [-0.05, 0) is 67.5 Å². The Bertz CT molecular complexity index is 694. The van der Waals surface area contributed by atoms with E-state index in [1.807, 2.05) is 37.3 Å². The van der Waals surface area contributed by atoms with Gasteiger partial charge in [-0.25, -0.2) is 0 Å². The lowest BCUT2D eigenvalue weighted by molar-refractivity contribution is 0.0946. The Kier molecular flexibility index (Phi) is 4.96. The van der Waals surface area contributed by atoms with Crippen LogP contribution in [0.3, 0.4) is 0 Å². The summed E-state index contributed by atoms with van der Waals surface area (Å²) in [6.45, 7) is 2.93. The minimum Gasteiger partial charge on any atom is -0.492 e. The fourth-order valence-corrected chi connectivity index (χ4v) is 3.06. The molecule has 3 nitrogen and oxygen atoms in total. The van der Waals surface area contributed by atoms with Crippen molar-refractivity contribution in [2.45, 2.75) is 32.6 Å². The molecule has 0 aliphatic heterocycles. The third kappa shape index (κ3) is 3.92. The fraction of sp³-hybridized carbons (Fsp3) is 0.350. The highest BCUT2D eigenvalue weighted by Gasteiger charge is 2.10. The molecular formula is C20H23NO2. The number of rotatable bonds is 5. The molecule has 0 fully saturated rings. The molecule has 2 aromatic carbocycles. The van der Waals surface area contributed by atoms with E-state index in [-0.39, 0.29) is 5.91 Å². The topological polar surface area (TPSA) is 38.3 Å². The molecule has 0 aromatic heterocycles. The predicted molar refractivity (Wildman–Crippen MR) is 92.1 cm³/mol. The first-order valence-corrected chi connectivity index (χ1v) is 8.32. The van der Waals surface area contributed by atoms with Gasteiger partial charge < -0.3 is 10.1 Å². The summed E-state index contributed by atoms with van der Waals surface area (Å²) in [6.07, 6.45) is 4.89. The summed E-state index contributed by atoms with van der Waals surface area (Å²) in [5.41, 5.74) is 4.58. The molecule has 0 saturated carbocycles. The van der Waals surface area contributed by atoms with E-state index in [0.717, 1.165) is 23.3 Å². The number of carbonyl (C=O) groups is 1. The van der Waals surface area contributed by atoms with Gasteiger partial charge in [0.25, 0.3) is 5.91 Å². The molecule has 0 spiro atoms. The van der Waals surface area contributed by atoms with E-state index in [0.29, 0.717) is 13.2 Å². The molecular weight excluding hydrogens is 286 g/mol. The van der Waals surface area contributed by atoms with E-state index in [2.05, 4.69) is 17.4 Å². The largest absolute Gasteiger partial charge is 0.492 e. The Morgan fingerprint density at radius 3 is 2.70 bits per heavy atom. The number of amides is 1. The summed E-state index contributed by atoms with van der Waals surface area (Å²) >= 11 is 0. The maximum absolute atomic E-state index is 12.1. The van der Waals surface area contributed by atoms with E-state index in [4.69, 9.17) is 4.74 Å². The van der Waals surface area contributed by atoms with Crippen molar-refractivity contribution in [2.24, 2.45) is 0 Å². The monoisotopic (exact) mass is 309 g/mol. The molecule has 0 saturated heterocycles. The molecule has 3 heteroatoms. The number of benzene rings is 2. The van der Waals surface area contributed by atoms with Crippen molar-refractivity contribution >= 4 is 5.91 Å². The fourth-order valence-electron chi connectivity index (χ4n) is 3.06. The molecule has 1 N–H and O–H groups in total. The van der Waals surface area contributed by atoms with Crippen LogP contribution in [0.1, 0.15) is 39.9 Å². The first-order valence-electron chi connectivity index (χ1n) is 8.32. The molecule has 120 valence electrons. The molecule has 0 unspecified atom stereocenters. The molecule has 0 bridgehead atoms. The molecule has 0 atom stereocenters. The van der Waals surface area contributed by atoms with Crippen molar-refractivity contribution in [3.8, 4) is 5.75 Å². The van der Waals surface area contributed by atoms with Crippen LogP contribution in [0.5, 0.6) is 5.75 Å². The van der Waals surface area contributed by atoms with Gasteiger partial charge in [-0.2, -0.15) is 0 Å². The molecule has 1 aliphatic rings. The van der Waals surface area contributed by atoms with E-state index in [9.17, 15) is 4.79 Å². The van der Waals surface area contributed by atoms with Crippen molar-refractivity contribution in [2.75, 3.05) is 13.2 Å². The lowest BCUT2D eigenvalue weighted by Gasteiger charge is -2.17. The molecule has 3 rings (SSSR count). The number of carbonyl (C=O) groups excluding carboxylic acids is 1. The Balaban J connectivity index is 1.48. The van der Waals surface area contributed by atoms with Gasteiger partial charge in [0.2, 0.25) is 0 Å². The van der Waals surface area contributed by atoms with Crippen molar-refractivity contribution in [3.05, 3.63) is 64.7 Å². The third-order valence-corrected chi connectivity index (χ3v) is 4.37. The summed E-state index contributed by atoms with van der Waals surface area (Å²) in [4.78, 5) is 12.1. The van der Waals surface area contributed by atoms with Crippen LogP contribution >= 0.6 is 0 Å². The van der Waals surface area contributed by atoms with Gasteiger partial charge >= 0.3 is 0 Å². The Morgan fingerprint density at radius 1 is 1.09 bits per heavy atom. The zero-order valence-electron chi connectivity index (χ0n) is 13.6. The minimum atomic E-state index is -0.0443. The highest BCUT2D eigenvalue weighted by Crippen LogP contribution is 2.25. The number of fused-ring (bicyclic) bond motifs is 1. The summed E-state index contributed by atoms with van der Waals surface area (Å²) < 4.78 is 5.77. The second kappa shape index (κ2) is 7.32. The number of nitrogens with one attached hydrogen (secondary N) is 1. The summed E-state index contributed by atoms with van der Waals surface area (Å²) in [7, 11) is 0. The highest BCUT2D eigenvalue weighted by molar-refractivity contribution is 5.95. The first-order chi connectivity index (χ1) is 11.2. The molecule has 23 heavy (non-hydrogen) atoms. The van der Waals surface area contributed by atoms with Crippen LogP contribution in [-0.2, 0) is 12.8 Å². The van der Waals surface area contributed by atoms with Gasteiger partial charge in [-0.15, -0.1) is 0 Å². The van der Waals surface area contributed by atoms with Crippen LogP contribution in [0, 0.1) is 6.92 Å². The lowest BCUT2D eigenvalue weighted by Crippen LogP contribution is -2.28. The van der Waals surface area contributed by atoms with Crippen molar-refractivity contribution in [3.63, 3.8) is 0 Å². The number of aryl methyl sites for hydroxylation is 3. The third-order valence-electron chi connectivity index (χ3n) is 4.37. The van der Waals surface area contributed by atoms with Crippen LogP contribution in [0.15, 0.2) is 42.5 Å². The van der Waals surface area contributed by atoms with Crippen LogP contribution in [0.2, 0.25) is 0 Å². The average Bonchev–Trinajstić information content (AvgIpc) is 2.59. The van der Waals surface area contributed by atoms with E-state index < -0.39 is 0 Å². The van der Waals surface area contributed by atoms with E-state index >= 15 is 0 Å². The summed E-state index contributed by atoms with van der Waals surface area (Å²) in [5, 5.41) is 2.91. The average molecular weight is 309 g/mol. The molecule has 2 aromatic rings. The van der Waals surface area contributed by atoms with Gasteiger partial charge in [-0.3, -0.25) is 4.79 Å². The van der Waals surface area contributed by atoms with Crippen molar-refractivity contribution in [1.82, 2.24) is 5.32 Å². The van der Waals surface area contributed by atoms with Crippen molar-refractivity contribution in [1.29, 1.82) is 0 Å². The van der Waals surface area contributed by atoms with Crippen LogP contribution in [-0.4, -0.2) is 19.1 Å². The Morgan fingerprint density at radius 2 is 1.87 bits per heavy atom. The summed E-state index contributed by atoms with van der Waals surface area (Å²) in [5.74, 6) is 0.855. The number of hydrogen-bond acceptors (Lipinski definition) is 2. The van der Waals surface area contributed by atoms with E-state index in [1.54, 1.807) is 0 Å². The van der Waals surface area contributed by atoms with E-state index in [1.165, 1.54) is 30.4 Å². The molecule has 1 aliphatic carbocycles. The molecule has 0 radical (unpaired) electrons.